The van der Waals surface area contributed by atoms with Gasteiger partial charge in [-0.3, -0.25) is 14.5 Å². The van der Waals surface area contributed by atoms with Crippen molar-refractivity contribution in [1.82, 2.24) is 4.90 Å². The average Bonchev–Trinajstić information content (AvgIpc) is 2.81. The first-order valence-electron chi connectivity index (χ1n) is 6.83. The fraction of sp³-hybridized carbons (Fsp3) is 0.400. The van der Waals surface area contributed by atoms with E-state index in [2.05, 4.69) is 9.73 Å². The number of hydrogen-bond donors (Lipinski definition) is 0. The third kappa shape index (κ3) is 4.08. The Balaban J connectivity index is 2.20. The van der Waals surface area contributed by atoms with Crippen LogP contribution in [0, 0.1) is 0 Å². The van der Waals surface area contributed by atoms with Crippen LogP contribution in [0.25, 0.3) is 0 Å². The molecule has 1 amide bonds. The maximum atomic E-state index is 12.4. The monoisotopic (exact) mass is 322 g/mol. The van der Waals surface area contributed by atoms with Crippen molar-refractivity contribution in [3.05, 3.63) is 30.3 Å². The summed E-state index contributed by atoms with van der Waals surface area (Å²) in [5.74, 6) is -0.541. The minimum Gasteiger partial charge on any atom is -0.469 e. The third-order valence-corrected chi connectivity index (χ3v) is 4.28. The van der Waals surface area contributed by atoms with Crippen molar-refractivity contribution >= 4 is 34.5 Å². The highest BCUT2D eigenvalue weighted by Crippen LogP contribution is 2.31. The molecule has 2 rings (SSSR count). The number of esters is 1. The second-order valence-corrected chi connectivity index (χ2v) is 5.77. The summed E-state index contributed by atoms with van der Waals surface area (Å²) in [6.07, 6.45) is 0.0390. The van der Waals surface area contributed by atoms with Crippen molar-refractivity contribution in [3.8, 4) is 0 Å². The number of amidine groups is 1. The van der Waals surface area contributed by atoms with Gasteiger partial charge in [0.05, 0.1) is 32.4 Å². The van der Waals surface area contributed by atoms with E-state index in [4.69, 9.17) is 4.74 Å². The Hall–Kier alpha value is -1.86. The Bertz CT molecular complexity index is 562. The van der Waals surface area contributed by atoms with Gasteiger partial charge in [-0.25, -0.2) is 4.99 Å². The lowest BCUT2D eigenvalue weighted by Crippen LogP contribution is -2.35. The lowest BCUT2D eigenvalue weighted by Gasteiger charge is -2.15. The molecule has 0 N–H and O–H groups in total. The first-order valence-corrected chi connectivity index (χ1v) is 7.71. The van der Waals surface area contributed by atoms with Crippen LogP contribution in [0.5, 0.6) is 0 Å². The van der Waals surface area contributed by atoms with Gasteiger partial charge < -0.3 is 9.47 Å². The molecule has 1 aromatic rings. The van der Waals surface area contributed by atoms with Gasteiger partial charge in [-0.15, -0.1) is 0 Å². The molecule has 0 aromatic heterocycles. The Labute approximate surface area is 133 Å². The van der Waals surface area contributed by atoms with E-state index in [0.29, 0.717) is 18.3 Å². The molecule has 22 heavy (non-hydrogen) atoms. The SMILES string of the molecule is COCCN1C(=O)C(CC(=O)OC)SC1=Nc1ccccc1. The van der Waals surface area contributed by atoms with E-state index in [1.165, 1.54) is 18.9 Å². The van der Waals surface area contributed by atoms with Crippen molar-refractivity contribution in [2.45, 2.75) is 11.7 Å². The molecule has 6 nitrogen and oxygen atoms in total. The standard InChI is InChI=1S/C15H18N2O4S/c1-20-9-8-17-14(19)12(10-13(18)21-2)22-15(17)16-11-6-4-3-5-7-11/h3-7,12H,8-10H2,1-2H3. The summed E-state index contributed by atoms with van der Waals surface area (Å²) < 4.78 is 9.68. The van der Waals surface area contributed by atoms with Crippen molar-refractivity contribution in [2.24, 2.45) is 4.99 Å². The molecule has 118 valence electrons. The summed E-state index contributed by atoms with van der Waals surface area (Å²) in [5, 5.41) is 0.0916. The number of aliphatic imine (C=N–C) groups is 1. The van der Waals surface area contributed by atoms with E-state index >= 15 is 0 Å². The normalized spacial score (nSPS) is 19.7. The van der Waals surface area contributed by atoms with Crippen molar-refractivity contribution in [3.63, 3.8) is 0 Å². The van der Waals surface area contributed by atoms with Crippen LogP contribution in [0.1, 0.15) is 6.42 Å². The molecule has 1 saturated heterocycles. The Morgan fingerprint density at radius 3 is 2.68 bits per heavy atom. The van der Waals surface area contributed by atoms with Gasteiger partial charge in [-0.1, -0.05) is 30.0 Å². The molecule has 0 spiro atoms. The number of nitrogens with zero attached hydrogens (tertiary/aromatic N) is 2. The molecule has 1 atom stereocenters. The van der Waals surface area contributed by atoms with Crippen molar-refractivity contribution in [2.75, 3.05) is 27.4 Å². The summed E-state index contributed by atoms with van der Waals surface area (Å²) in [7, 11) is 2.89. The van der Waals surface area contributed by atoms with Gasteiger partial charge in [0.2, 0.25) is 5.91 Å². The third-order valence-electron chi connectivity index (χ3n) is 3.10. The number of benzene rings is 1. The number of carbonyl (C=O) groups is 2. The quantitative estimate of drug-likeness (QED) is 0.747. The maximum absolute atomic E-state index is 12.4. The predicted octanol–water partition coefficient (Wildman–Crippen LogP) is 1.83. The second kappa shape index (κ2) is 7.95. The lowest BCUT2D eigenvalue weighted by atomic mass is 10.2. The molecule has 1 aliphatic heterocycles. The topological polar surface area (TPSA) is 68.2 Å². The van der Waals surface area contributed by atoms with Crippen LogP contribution in [0.3, 0.4) is 0 Å². The van der Waals surface area contributed by atoms with E-state index in [-0.39, 0.29) is 12.3 Å². The van der Waals surface area contributed by atoms with Gasteiger partial charge in [0.1, 0.15) is 5.25 Å². The number of rotatable bonds is 6. The van der Waals surface area contributed by atoms with Gasteiger partial charge in [0.25, 0.3) is 0 Å². The van der Waals surface area contributed by atoms with Crippen molar-refractivity contribution in [1.29, 1.82) is 0 Å². The van der Waals surface area contributed by atoms with Crippen LogP contribution >= 0.6 is 11.8 Å². The summed E-state index contributed by atoms with van der Waals surface area (Å²) in [6.45, 7) is 0.816. The predicted molar refractivity (Wildman–Crippen MR) is 85.1 cm³/mol. The molecule has 1 aromatic carbocycles. The largest absolute Gasteiger partial charge is 0.469 e. The van der Waals surface area contributed by atoms with Gasteiger partial charge in [0.15, 0.2) is 5.17 Å². The summed E-state index contributed by atoms with van der Waals surface area (Å²) in [5.41, 5.74) is 0.763. The highest BCUT2D eigenvalue weighted by molar-refractivity contribution is 8.15. The number of ether oxygens (including phenoxy) is 2. The molecule has 0 aliphatic carbocycles. The molecule has 1 heterocycles. The number of hydrogen-bond acceptors (Lipinski definition) is 6. The van der Waals surface area contributed by atoms with Gasteiger partial charge in [-0.05, 0) is 12.1 Å². The molecule has 0 radical (unpaired) electrons. The Morgan fingerprint density at radius 2 is 2.05 bits per heavy atom. The second-order valence-electron chi connectivity index (χ2n) is 4.60. The maximum Gasteiger partial charge on any atom is 0.307 e. The van der Waals surface area contributed by atoms with Gasteiger partial charge in [-0.2, -0.15) is 0 Å². The van der Waals surface area contributed by atoms with E-state index < -0.39 is 11.2 Å². The summed E-state index contributed by atoms with van der Waals surface area (Å²) >= 11 is 1.29. The van der Waals surface area contributed by atoms with E-state index in [0.717, 1.165) is 5.69 Å². The minimum atomic E-state index is -0.494. The Kier molecular flexibility index (Phi) is 5.97. The highest BCUT2D eigenvalue weighted by atomic mass is 32.2. The first-order chi connectivity index (χ1) is 10.7. The van der Waals surface area contributed by atoms with Crippen molar-refractivity contribution < 1.29 is 19.1 Å². The highest BCUT2D eigenvalue weighted by Gasteiger charge is 2.39. The van der Waals surface area contributed by atoms with Crippen LogP contribution in [0.2, 0.25) is 0 Å². The number of thioether (sulfide) groups is 1. The van der Waals surface area contributed by atoms with Crippen LogP contribution in [0.4, 0.5) is 5.69 Å². The molecular formula is C15H18N2O4S. The fourth-order valence-corrected chi connectivity index (χ4v) is 3.13. The zero-order chi connectivity index (χ0) is 15.9. The number of carbonyl (C=O) groups excluding carboxylic acids is 2. The van der Waals surface area contributed by atoms with Gasteiger partial charge in [0, 0.05) is 7.11 Å². The van der Waals surface area contributed by atoms with E-state index in [1.807, 2.05) is 30.3 Å². The molecule has 0 saturated carbocycles. The molecule has 7 heteroatoms. The summed E-state index contributed by atoms with van der Waals surface area (Å²) in [4.78, 5) is 29.9. The lowest BCUT2D eigenvalue weighted by molar-refractivity contribution is -0.142. The van der Waals surface area contributed by atoms with E-state index in [9.17, 15) is 9.59 Å². The Morgan fingerprint density at radius 1 is 1.32 bits per heavy atom. The fourth-order valence-electron chi connectivity index (χ4n) is 1.96. The average molecular weight is 322 g/mol. The molecule has 1 fully saturated rings. The van der Waals surface area contributed by atoms with Gasteiger partial charge >= 0.3 is 5.97 Å². The number of amides is 1. The number of methoxy groups -OCH3 is 2. The van der Waals surface area contributed by atoms with Crippen LogP contribution in [0.15, 0.2) is 35.3 Å². The molecular weight excluding hydrogens is 304 g/mol. The zero-order valence-electron chi connectivity index (χ0n) is 12.5. The zero-order valence-corrected chi connectivity index (χ0v) is 13.3. The number of para-hydroxylation sites is 1. The van der Waals surface area contributed by atoms with Crippen LogP contribution in [-0.2, 0) is 19.1 Å². The van der Waals surface area contributed by atoms with Crippen LogP contribution in [-0.4, -0.2) is 54.6 Å². The molecule has 1 aliphatic rings. The molecule has 1 unspecified atom stereocenters. The van der Waals surface area contributed by atoms with E-state index in [1.54, 1.807) is 12.0 Å². The van der Waals surface area contributed by atoms with Crippen LogP contribution < -0.4 is 0 Å². The minimum absolute atomic E-state index is 0.0390. The first kappa shape index (κ1) is 16.5. The molecule has 0 bridgehead atoms. The summed E-state index contributed by atoms with van der Waals surface area (Å²) in [6, 6.07) is 9.39. The smallest absolute Gasteiger partial charge is 0.307 e.